The van der Waals surface area contributed by atoms with E-state index in [2.05, 4.69) is 0 Å². The Morgan fingerprint density at radius 3 is 2.61 bits per heavy atom. The van der Waals surface area contributed by atoms with Gasteiger partial charge in [0, 0.05) is 32.5 Å². The van der Waals surface area contributed by atoms with Gasteiger partial charge in [0.1, 0.15) is 10.5 Å². The zero-order valence-electron chi connectivity index (χ0n) is 14.8. The fourth-order valence-corrected chi connectivity index (χ4v) is 4.74. The number of piperidine rings is 1. The molecule has 0 atom stereocenters. The molecule has 3 heterocycles. The third-order valence-corrected chi connectivity index (χ3v) is 6.50. The van der Waals surface area contributed by atoms with E-state index >= 15 is 0 Å². The highest BCUT2D eigenvalue weighted by Gasteiger charge is 2.47. The van der Waals surface area contributed by atoms with Crippen molar-refractivity contribution >= 4 is 34.9 Å². The van der Waals surface area contributed by atoms with Crippen LogP contribution >= 0.6 is 22.9 Å². The minimum Gasteiger partial charge on any atom is -0.441 e. The first kappa shape index (κ1) is 19.1. The van der Waals surface area contributed by atoms with Crippen molar-refractivity contribution < 1.29 is 23.1 Å². The maximum absolute atomic E-state index is 13.4. The van der Waals surface area contributed by atoms with Crippen molar-refractivity contribution in [2.24, 2.45) is 0 Å². The van der Waals surface area contributed by atoms with Crippen molar-refractivity contribution in [2.45, 2.75) is 25.0 Å². The van der Waals surface area contributed by atoms with Crippen LogP contribution < -0.4 is 0 Å². The van der Waals surface area contributed by atoms with E-state index in [0.717, 1.165) is 12.1 Å². The number of hydrogen-bond donors (Lipinski definition) is 0. The van der Waals surface area contributed by atoms with Crippen molar-refractivity contribution in [1.29, 1.82) is 0 Å². The highest BCUT2D eigenvalue weighted by atomic mass is 35.5. The van der Waals surface area contributed by atoms with Crippen LogP contribution in [-0.4, -0.2) is 47.0 Å². The Morgan fingerprint density at radius 2 is 1.96 bits per heavy atom. The standard InChI is InChI=1S/C19H17ClF2N2O3S/c20-13-3-8-28-16(13)17(25)23-6-4-19(5-7-23)11-24(18(26)27-19)10-12-1-2-14(21)15(22)9-12/h1-3,8-9H,4-7,10-11H2. The molecule has 0 radical (unpaired) electrons. The van der Waals surface area contributed by atoms with Gasteiger partial charge in [-0.05, 0) is 29.1 Å². The summed E-state index contributed by atoms with van der Waals surface area (Å²) in [7, 11) is 0. The van der Waals surface area contributed by atoms with Crippen LogP contribution in [0.3, 0.4) is 0 Å². The minimum absolute atomic E-state index is 0.113. The van der Waals surface area contributed by atoms with E-state index in [1.807, 2.05) is 0 Å². The zero-order chi connectivity index (χ0) is 19.9. The molecule has 2 aliphatic rings. The molecular weight excluding hydrogens is 410 g/mol. The molecule has 0 unspecified atom stereocenters. The smallest absolute Gasteiger partial charge is 0.410 e. The Labute approximate surface area is 169 Å². The van der Waals surface area contributed by atoms with Gasteiger partial charge in [-0.1, -0.05) is 17.7 Å². The van der Waals surface area contributed by atoms with Crippen molar-refractivity contribution in [2.75, 3.05) is 19.6 Å². The Kier molecular flexibility index (Phi) is 5.01. The summed E-state index contributed by atoms with van der Waals surface area (Å²) in [5.74, 6) is -1.98. The third kappa shape index (κ3) is 3.58. The molecule has 1 aromatic carbocycles. The van der Waals surface area contributed by atoms with Gasteiger partial charge in [-0.15, -0.1) is 11.3 Å². The van der Waals surface area contributed by atoms with Gasteiger partial charge in [-0.25, -0.2) is 13.6 Å². The van der Waals surface area contributed by atoms with Crippen LogP contribution in [0.25, 0.3) is 0 Å². The van der Waals surface area contributed by atoms with E-state index in [-0.39, 0.29) is 12.5 Å². The number of amides is 2. The molecule has 2 aliphatic heterocycles. The van der Waals surface area contributed by atoms with Crippen molar-refractivity contribution in [3.8, 4) is 0 Å². The Balaban J connectivity index is 1.39. The summed E-state index contributed by atoms with van der Waals surface area (Å²) in [6.07, 6.45) is 0.551. The summed E-state index contributed by atoms with van der Waals surface area (Å²) in [4.78, 5) is 28.6. The topological polar surface area (TPSA) is 49.9 Å². The normalized spacial score (nSPS) is 18.6. The number of benzene rings is 1. The minimum atomic E-state index is -0.946. The molecule has 148 valence electrons. The summed E-state index contributed by atoms with van der Waals surface area (Å²) in [6, 6.07) is 5.27. The molecule has 2 fully saturated rings. The Bertz CT molecular complexity index is 928. The lowest BCUT2D eigenvalue weighted by Gasteiger charge is -2.37. The Morgan fingerprint density at radius 1 is 1.21 bits per heavy atom. The van der Waals surface area contributed by atoms with E-state index in [1.165, 1.54) is 22.3 Å². The average molecular weight is 427 g/mol. The molecule has 2 aromatic rings. The molecule has 0 aliphatic carbocycles. The van der Waals surface area contributed by atoms with Gasteiger partial charge in [0.2, 0.25) is 0 Å². The molecule has 0 saturated carbocycles. The molecule has 28 heavy (non-hydrogen) atoms. The summed E-state index contributed by atoms with van der Waals surface area (Å²) >= 11 is 7.35. The van der Waals surface area contributed by atoms with Crippen LogP contribution in [0.4, 0.5) is 13.6 Å². The number of thiophene rings is 1. The van der Waals surface area contributed by atoms with Gasteiger partial charge in [-0.3, -0.25) is 9.69 Å². The summed E-state index contributed by atoms with van der Waals surface area (Å²) < 4.78 is 32.1. The fraction of sp³-hybridized carbons (Fsp3) is 0.368. The number of likely N-dealkylation sites (tertiary alicyclic amines) is 1. The van der Waals surface area contributed by atoms with Crippen LogP contribution in [0.15, 0.2) is 29.6 Å². The first-order chi connectivity index (χ1) is 13.4. The van der Waals surface area contributed by atoms with Gasteiger partial charge in [-0.2, -0.15) is 0 Å². The first-order valence-corrected chi connectivity index (χ1v) is 10.1. The number of carbonyl (C=O) groups is 2. The SMILES string of the molecule is O=C1OC2(CCN(C(=O)c3sccc3Cl)CC2)CN1Cc1ccc(F)c(F)c1. The third-order valence-electron chi connectivity index (χ3n) is 5.17. The van der Waals surface area contributed by atoms with Gasteiger partial charge < -0.3 is 9.64 Å². The lowest BCUT2D eigenvalue weighted by Crippen LogP contribution is -2.48. The summed E-state index contributed by atoms with van der Waals surface area (Å²) in [5.41, 5.74) is -0.168. The number of rotatable bonds is 3. The van der Waals surface area contributed by atoms with Gasteiger partial charge >= 0.3 is 6.09 Å². The van der Waals surface area contributed by atoms with Gasteiger partial charge in [0.05, 0.1) is 11.6 Å². The lowest BCUT2D eigenvalue weighted by molar-refractivity contribution is 0.00328. The average Bonchev–Trinajstić information content (AvgIpc) is 3.22. The van der Waals surface area contributed by atoms with Crippen molar-refractivity contribution in [3.63, 3.8) is 0 Å². The van der Waals surface area contributed by atoms with Crippen LogP contribution in [0.1, 0.15) is 28.1 Å². The summed E-state index contributed by atoms with van der Waals surface area (Å²) in [5, 5.41) is 2.22. The Hall–Kier alpha value is -2.19. The van der Waals surface area contributed by atoms with E-state index < -0.39 is 23.3 Å². The molecule has 2 saturated heterocycles. The van der Waals surface area contributed by atoms with Crippen molar-refractivity contribution in [1.82, 2.24) is 9.80 Å². The summed E-state index contributed by atoms with van der Waals surface area (Å²) in [6.45, 7) is 1.41. The second-order valence-electron chi connectivity index (χ2n) is 7.05. The molecule has 1 aromatic heterocycles. The second kappa shape index (κ2) is 7.33. The van der Waals surface area contributed by atoms with E-state index in [1.54, 1.807) is 16.3 Å². The number of ether oxygens (including phenoxy) is 1. The quantitative estimate of drug-likeness (QED) is 0.735. The van der Waals surface area contributed by atoms with Crippen LogP contribution in [0.2, 0.25) is 5.02 Å². The number of halogens is 3. The highest BCUT2D eigenvalue weighted by molar-refractivity contribution is 7.12. The predicted molar refractivity (Wildman–Crippen MR) is 100 cm³/mol. The molecule has 0 bridgehead atoms. The zero-order valence-corrected chi connectivity index (χ0v) is 16.4. The van der Waals surface area contributed by atoms with E-state index in [9.17, 15) is 18.4 Å². The number of hydrogen-bond acceptors (Lipinski definition) is 4. The van der Waals surface area contributed by atoms with Crippen molar-refractivity contribution in [3.05, 3.63) is 56.7 Å². The van der Waals surface area contributed by atoms with Gasteiger partial charge in [0.25, 0.3) is 5.91 Å². The monoisotopic (exact) mass is 426 g/mol. The fourth-order valence-electron chi connectivity index (χ4n) is 3.64. The second-order valence-corrected chi connectivity index (χ2v) is 8.37. The predicted octanol–water partition coefficient (Wildman–Crippen LogP) is 4.31. The number of nitrogens with zero attached hydrogens (tertiary/aromatic N) is 2. The maximum atomic E-state index is 13.4. The van der Waals surface area contributed by atoms with Crippen LogP contribution in [0, 0.1) is 11.6 Å². The highest BCUT2D eigenvalue weighted by Crippen LogP contribution is 2.35. The van der Waals surface area contributed by atoms with Crippen LogP contribution in [-0.2, 0) is 11.3 Å². The maximum Gasteiger partial charge on any atom is 0.410 e. The molecular formula is C19H17ClF2N2O3S. The van der Waals surface area contributed by atoms with E-state index in [0.29, 0.717) is 47.9 Å². The molecule has 9 heteroatoms. The molecule has 2 amide bonds. The van der Waals surface area contributed by atoms with Crippen LogP contribution in [0.5, 0.6) is 0 Å². The van der Waals surface area contributed by atoms with E-state index in [4.69, 9.17) is 16.3 Å². The first-order valence-electron chi connectivity index (χ1n) is 8.81. The molecule has 5 nitrogen and oxygen atoms in total. The van der Waals surface area contributed by atoms with Gasteiger partial charge in [0.15, 0.2) is 11.6 Å². The molecule has 0 N–H and O–H groups in total. The lowest BCUT2D eigenvalue weighted by atomic mass is 9.91. The largest absolute Gasteiger partial charge is 0.441 e. The molecule has 1 spiro atoms. The molecule has 4 rings (SSSR count). The number of carbonyl (C=O) groups excluding carboxylic acids is 2.